The zero-order valence-corrected chi connectivity index (χ0v) is 23.6. The second kappa shape index (κ2) is 10.4. The molecule has 40 heavy (non-hydrogen) atoms. The lowest BCUT2D eigenvalue weighted by atomic mass is 9.71. The number of rotatable bonds is 8. The average Bonchev–Trinajstić information content (AvgIpc) is 3.66. The Labute approximate surface area is 243 Å². The van der Waals surface area contributed by atoms with Gasteiger partial charge in [0.25, 0.3) is 0 Å². The number of nitrogens with one attached hydrogen (secondary N) is 1. The maximum absolute atomic E-state index is 15.8. The summed E-state index contributed by atoms with van der Waals surface area (Å²) >= 11 is 12.6. The van der Waals surface area contributed by atoms with Gasteiger partial charge in [-0.25, -0.2) is 4.39 Å². The zero-order chi connectivity index (χ0) is 28.2. The summed E-state index contributed by atoms with van der Waals surface area (Å²) in [6.45, 7) is 3.21. The molecular formula is C31H31Cl2FN4O2. The van der Waals surface area contributed by atoms with E-state index in [2.05, 4.69) is 17.1 Å². The van der Waals surface area contributed by atoms with Gasteiger partial charge in [-0.05, 0) is 79.1 Å². The van der Waals surface area contributed by atoms with Crippen molar-refractivity contribution < 1.29 is 14.0 Å². The number of hydrogen-bond donors (Lipinski definition) is 2. The monoisotopic (exact) mass is 580 g/mol. The van der Waals surface area contributed by atoms with E-state index in [4.69, 9.17) is 28.9 Å². The van der Waals surface area contributed by atoms with Crippen LogP contribution in [0.1, 0.15) is 43.2 Å². The molecule has 3 N–H and O–H groups in total. The topological polar surface area (TPSA) is 78.7 Å². The fourth-order valence-corrected chi connectivity index (χ4v) is 7.29. The van der Waals surface area contributed by atoms with Crippen molar-refractivity contribution in [2.75, 3.05) is 29.0 Å². The van der Waals surface area contributed by atoms with E-state index in [1.807, 2.05) is 18.2 Å². The minimum atomic E-state index is -1.15. The van der Waals surface area contributed by atoms with Crippen LogP contribution in [-0.2, 0) is 15.1 Å². The van der Waals surface area contributed by atoms with Gasteiger partial charge in [-0.15, -0.1) is 0 Å². The predicted molar refractivity (Wildman–Crippen MR) is 157 cm³/mol. The maximum atomic E-state index is 15.8. The van der Waals surface area contributed by atoms with Gasteiger partial charge in [0.15, 0.2) is 0 Å². The third-order valence-corrected chi connectivity index (χ3v) is 9.44. The van der Waals surface area contributed by atoms with Crippen LogP contribution in [0.25, 0.3) is 0 Å². The summed E-state index contributed by atoms with van der Waals surface area (Å²) in [6.07, 6.45) is 3.59. The van der Waals surface area contributed by atoms with Crippen molar-refractivity contribution in [1.82, 2.24) is 4.90 Å². The molecule has 0 bridgehead atoms. The summed E-state index contributed by atoms with van der Waals surface area (Å²) in [5.41, 5.74) is 7.94. The number of nitrogen functional groups attached to an aromatic ring is 1. The Morgan fingerprint density at radius 2 is 1.90 bits per heavy atom. The minimum absolute atomic E-state index is 0.0299. The van der Waals surface area contributed by atoms with Crippen LogP contribution in [0, 0.1) is 17.7 Å². The number of halogens is 3. The van der Waals surface area contributed by atoms with Crippen LogP contribution < -0.4 is 16.0 Å². The highest BCUT2D eigenvalue weighted by Gasteiger charge is 2.66. The second-order valence-electron chi connectivity index (χ2n) is 11.2. The van der Waals surface area contributed by atoms with Gasteiger partial charge in [0.05, 0.1) is 5.02 Å². The summed E-state index contributed by atoms with van der Waals surface area (Å²) in [7, 11) is 0. The van der Waals surface area contributed by atoms with Crippen LogP contribution in [0.2, 0.25) is 10.0 Å². The summed E-state index contributed by atoms with van der Waals surface area (Å²) < 4.78 is 15.8. The first-order valence-corrected chi connectivity index (χ1v) is 14.4. The largest absolute Gasteiger partial charge is 0.399 e. The third kappa shape index (κ3) is 4.35. The lowest BCUT2D eigenvalue weighted by molar-refractivity contribution is -0.128. The molecule has 2 amide bonds. The Morgan fingerprint density at radius 1 is 1.15 bits per heavy atom. The van der Waals surface area contributed by atoms with Gasteiger partial charge in [0.1, 0.15) is 11.4 Å². The molecule has 208 valence electrons. The third-order valence-electron chi connectivity index (χ3n) is 8.91. The molecule has 2 fully saturated rings. The highest BCUT2D eigenvalue weighted by atomic mass is 35.5. The smallest absolute Gasteiger partial charge is 0.250 e. The van der Waals surface area contributed by atoms with Gasteiger partial charge in [-0.3, -0.25) is 14.5 Å². The summed E-state index contributed by atoms with van der Waals surface area (Å²) in [4.78, 5) is 30.4. The van der Waals surface area contributed by atoms with Crippen LogP contribution in [0.15, 0.2) is 60.7 Å². The van der Waals surface area contributed by atoms with E-state index in [1.165, 1.54) is 6.07 Å². The first-order chi connectivity index (χ1) is 19.2. The van der Waals surface area contributed by atoms with Crippen LogP contribution in [-0.4, -0.2) is 36.3 Å². The van der Waals surface area contributed by atoms with E-state index < -0.39 is 17.3 Å². The molecule has 3 aromatic carbocycles. The molecule has 3 aromatic rings. The standard InChI is InChI=1S/C31H31Cl2FN4O2/c1-18-27(13-14-37(17-39)22-10-8-21(35)9-11-22)38(16-19-5-6-19)31(28(18)23-3-2-4-25(33)29(23)34)24-12-7-20(32)15-26(24)36-30(31)40/h2-4,7-12,15,17-19,27-28H,5-6,13-14,16,35H2,1H3,(H,36,40)/t18-,27+,28?,31-/m1/s1. The lowest BCUT2D eigenvalue weighted by Gasteiger charge is -2.40. The van der Waals surface area contributed by atoms with E-state index in [-0.39, 0.29) is 22.9 Å². The molecule has 0 aromatic heterocycles. The molecule has 1 unspecified atom stereocenters. The summed E-state index contributed by atoms with van der Waals surface area (Å²) in [5.74, 6) is -0.885. The molecule has 1 saturated heterocycles. The number of hydrogen-bond acceptors (Lipinski definition) is 4. The molecule has 6 rings (SSSR count). The van der Waals surface area contributed by atoms with Gasteiger partial charge >= 0.3 is 0 Å². The van der Waals surface area contributed by atoms with Gasteiger partial charge in [0.2, 0.25) is 12.3 Å². The van der Waals surface area contributed by atoms with E-state index in [0.29, 0.717) is 47.4 Å². The summed E-state index contributed by atoms with van der Waals surface area (Å²) in [5, 5.41) is 3.62. The van der Waals surface area contributed by atoms with E-state index in [1.54, 1.807) is 41.3 Å². The molecule has 6 nitrogen and oxygen atoms in total. The Bertz CT molecular complexity index is 1460. The van der Waals surface area contributed by atoms with E-state index in [0.717, 1.165) is 30.5 Å². The number of benzene rings is 3. The van der Waals surface area contributed by atoms with Crippen LogP contribution in [0.4, 0.5) is 21.5 Å². The number of anilines is 3. The molecule has 2 heterocycles. The van der Waals surface area contributed by atoms with Gasteiger partial charge in [0, 0.05) is 52.7 Å². The van der Waals surface area contributed by atoms with Crippen molar-refractivity contribution >= 4 is 52.6 Å². The van der Waals surface area contributed by atoms with Gasteiger partial charge in [-0.1, -0.05) is 48.3 Å². The second-order valence-corrected chi connectivity index (χ2v) is 12.1. The van der Waals surface area contributed by atoms with Gasteiger partial charge in [-0.2, -0.15) is 0 Å². The molecule has 0 radical (unpaired) electrons. The molecule has 3 aliphatic rings. The Morgan fingerprint density at radius 3 is 2.60 bits per heavy atom. The maximum Gasteiger partial charge on any atom is 0.250 e. The van der Waals surface area contributed by atoms with Crippen LogP contribution in [0.5, 0.6) is 0 Å². The van der Waals surface area contributed by atoms with Crippen molar-refractivity contribution in [2.45, 2.75) is 43.7 Å². The first kappa shape index (κ1) is 27.1. The predicted octanol–water partition coefficient (Wildman–Crippen LogP) is 6.43. The number of fused-ring (bicyclic) bond motifs is 2. The molecule has 1 aliphatic carbocycles. The number of carbonyl (C=O) groups excluding carboxylic acids is 2. The van der Waals surface area contributed by atoms with Crippen LogP contribution in [0.3, 0.4) is 0 Å². The molecule has 2 aliphatic heterocycles. The molecule has 1 spiro atoms. The van der Waals surface area contributed by atoms with E-state index >= 15 is 4.39 Å². The number of nitrogens with two attached hydrogens (primary N) is 1. The zero-order valence-electron chi connectivity index (χ0n) is 22.1. The van der Waals surface area contributed by atoms with Crippen LogP contribution >= 0.6 is 23.2 Å². The quantitative estimate of drug-likeness (QED) is 0.238. The van der Waals surface area contributed by atoms with Crippen molar-refractivity contribution in [3.63, 3.8) is 0 Å². The fourth-order valence-electron chi connectivity index (χ4n) is 6.94. The summed E-state index contributed by atoms with van der Waals surface area (Å²) in [6, 6.07) is 17.5. The van der Waals surface area contributed by atoms with Crippen molar-refractivity contribution in [1.29, 1.82) is 0 Å². The normalized spacial score (nSPS) is 25.7. The van der Waals surface area contributed by atoms with Crippen molar-refractivity contribution in [3.05, 3.63) is 87.7 Å². The first-order valence-electron chi connectivity index (χ1n) is 13.6. The number of likely N-dealkylation sites (tertiary alicyclic amines) is 1. The minimum Gasteiger partial charge on any atom is -0.399 e. The highest BCUT2D eigenvalue weighted by Crippen LogP contribution is 2.61. The molecular weight excluding hydrogens is 550 g/mol. The number of carbonyl (C=O) groups is 2. The fraction of sp³-hybridized carbons (Fsp3) is 0.355. The Hall–Kier alpha value is -3.13. The highest BCUT2D eigenvalue weighted by molar-refractivity contribution is 6.31. The van der Waals surface area contributed by atoms with Gasteiger partial charge < -0.3 is 16.0 Å². The Kier molecular flexibility index (Phi) is 7.01. The lowest BCUT2D eigenvalue weighted by Crippen LogP contribution is -2.53. The van der Waals surface area contributed by atoms with Crippen molar-refractivity contribution in [2.24, 2.45) is 11.8 Å². The van der Waals surface area contributed by atoms with E-state index in [9.17, 15) is 9.59 Å². The number of amides is 2. The number of nitrogens with zero attached hydrogens (tertiary/aromatic N) is 2. The SMILES string of the molecule is C[C@H]1C(c2cccc(Cl)c2F)[C@]2(C(=O)Nc3cc(Cl)ccc32)N(CC2CC2)[C@H]1CCN(C=O)c1ccc(N)cc1. The molecule has 9 heteroatoms. The Balaban J connectivity index is 1.47. The molecule has 4 atom stereocenters. The average molecular weight is 582 g/mol. The molecule has 1 saturated carbocycles. The van der Waals surface area contributed by atoms with Crippen molar-refractivity contribution in [3.8, 4) is 0 Å².